The monoisotopic (exact) mass is 356 g/mol. The minimum Gasteiger partial charge on any atom is -0.297 e. The van der Waals surface area contributed by atoms with Crippen molar-refractivity contribution in [2.45, 2.75) is 0 Å². The van der Waals surface area contributed by atoms with Gasteiger partial charge in [0, 0.05) is 43.9 Å². The third kappa shape index (κ3) is 17.7. The molecular weight excluding hydrogens is 342 g/mol. The van der Waals surface area contributed by atoms with Gasteiger partial charge in [-0.05, 0) is 28.2 Å². The van der Waals surface area contributed by atoms with Crippen molar-refractivity contribution in [2.75, 3.05) is 34.9 Å². The summed E-state index contributed by atoms with van der Waals surface area (Å²) in [6.45, 7) is 1.03. The van der Waals surface area contributed by atoms with Gasteiger partial charge in [0.15, 0.2) is 0 Å². The smallest absolute Gasteiger partial charge is 0.0495 e. The quantitative estimate of drug-likeness (QED) is 0.551. The van der Waals surface area contributed by atoms with Gasteiger partial charge >= 0.3 is 0 Å². The maximum atomic E-state index is 2.12. The minimum atomic E-state index is 1.03. The van der Waals surface area contributed by atoms with Gasteiger partial charge in [-0.3, -0.25) is 9.80 Å². The van der Waals surface area contributed by atoms with Crippen molar-refractivity contribution in [3.8, 4) is 0 Å². The van der Waals surface area contributed by atoms with Crippen molar-refractivity contribution in [3.63, 3.8) is 0 Å². The molecule has 9 heavy (non-hydrogen) atoms. The second-order valence-corrected chi connectivity index (χ2v) is 2.30. The Morgan fingerprint density at radius 2 is 1.11 bits per heavy atom. The largest absolute Gasteiger partial charge is 0.297 e. The van der Waals surface area contributed by atoms with Crippen LogP contribution in [0.4, 0.5) is 0 Å². The van der Waals surface area contributed by atoms with Gasteiger partial charge < -0.3 is 0 Å². The van der Waals surface area contributed by atoms with E-state index in [1.807, 2.05) is 0 Å². The molecule has 4 heteroatoms. The van der Waals surface area contributed by atoms with E-state index in [9.17, 15) is 0 Å². The third-order valence-corrected chi connectivity index (χ3v) is 0.566. The SMILES string of the molecule is CN(C)CN(C)C.II. The summed E-state index contributed by atoms with van der Waals surface area (Å²) in [5.74, 6) is 0. The zero-order chi connectivity index (χ0) is 7.86. The first-order valence-corrected chi connectivity index (χ1v) is 8.85. The topological polar surface area (TPSA) is 6.48 Å². The molecule has 0 aromatic carbocycles. The highest BCUT2D eigenvalue weighted by atomic mass is 128. The lowest BCUT2D eigenvalue weighted by atomic mass is 10.8. The van der Waals surface area contributed by atoms with Gasteiger partial charge in [0.25, 0.3) is 0 Å². The molecule has 2 nitrogen and oxygen atoms in total. The van der Waals surface area contributed by atoms with Gasteiger partial charge in [-0.25, -0.2) is 0 Å². The van der Waals surface area contributed by atoms with Crippen molar-refractivity contribution in [2.24, 2.45) is 0 Å². The molecule has 0 aliphatic carbocycles. The van der Waals surface area contributed by atoms with E-state index in [1.165, 1.54) is 0 Å². The van der Waals surface area contributed by atoms with Crippen LogP contribution < -0.4 is 0 Å². The van der Waals surface area contributed by atoms with Crippen LogP contribution in [0.1, 0.15) is 0 Å². The Kier molecular flexibility index (Phi) is 13.6. The van der Waals surface area contributed by atoms with Crippen LogP contribution in [0.2, 0.25) is 0 Å². The average molecular weight is 356 g/mol. The summed E-state index contributed by atoms with van der Waals surface area (Å²) in [5, 5.41) is 0. The summed E-state index contributed by atoms with van der Waals surface area (Å²) >= 11 is 4.24. The molecule has 0 heterocycles. The predicted molar refractivity (Wildman–Crippen MR) is 60.3 cm³/mol. The lowest BCUT2D eigenvalue weighted by molar-refractivity contribution is 0.245. The normalized spacial score (nSPS) is 9.33. The summed E-state index contributed by atoms with van der Waals surface area (Å²) < 4.78 is 0. The van der Waals surface area contributed by atoms with Crippen molar-refractivity contribution in [1.82, 2.24) is 9.80 Å². The highest BCUT2D eigenvalue weighted by molar-refractivity contribution is 15.0. The Labute approximate surface area is 81.3 Å². The summed E-state index contributed by atoms with van der Waals surface area (Å²) in [7, 11) is 8.22. The molecule has 58 valence electrons. The van der Waals surface area contributed by atoms with E-state index in [4.69, 9.17) is 0 Å². The first-order chi connectivity index (χ1) is 4.13. The molecule has 0 saturated heterocycles. The molecule has 0 aliphatic rings. The average Bonchev–Trinajstić information content (AvgIpc) is 1.68. The fraction of sp³-hybridized carbons (Fsp3) is 1.00. The Bertz CT molecular complexity index is 42.2. The zero-order valence-corrected chi connectivity index (χ0v) is 10.7. The number of hydrogen-bond donors (Lipinski definition) is 0. The lowest BCUT2D eigenvalue weighted by Gasteiger charge is -2.14. The highest BCUT2D eigenvalue weighted by Crippen LogP contribution is 1.89. The number of hydrogen-bond acceptors (Lipinski definition) is 2. The molecule has 0 bridgehead atoms. The van der Waals surface area contributed by atoms with Crippen LogP contribution in [-0.4, -0.2) is 44.7 Å². The van der Waals surface area contributed by atoms with Crippen LogP contribution in [0.3, 0.4) is 0 Å². The predicted octanol–water partition coefficient (Wildman–Crippen LogP) is 1.84. The second kappa shape index (κ2) is 9.38. The maximum absolute atomic E-state index is 2.12. The van der Waals surface area contributed by atoms with Crippen molar-refractivity contribution in [3.05, 3.63) is 0 Å². The molecule has 0 fully saturated rings. The van der Waals surface area contributed by atoms with E-state index in [-0.39, 0.29) is 0 Å². The van der Waals surface area contributed by atoms with E-state index in [1.54, 1.807) is 0 Å². The second-order valence-electron chi connectivity index (χ2n) is 2.30. The van der Waals surface area contributed by atoms with Gasteiger partial charge in [-0.1, -0.05) is 0 Å². The summed E-state index contributed by atoms with van der Waals surface area (Å²) in [4.78, 5) is 4.25. The van der Waals surface area contributed by atoms with E-state index < -0.39 is 0 Å². The zero-order valence-electron chi connectivity index (χ0n) is 6.36. The van der Waals surface area contributed by atoms with Crippen molar-refractivity contribution < 1.29 is 0 Å². The molecule has 0 saturated carbocycles. The van der Waals surface area contributed by atoms with Crippen LogP contribution in [0.5, 0.6) is 0 Å². The maximum Gasteiger partial charge on any atom is 0.0495 e. The van der Waals surface area contributed by atoms with Gasteiger partial charge in [-0.15, -0.1) is 0 Å². The minimum absolute atomic E-state index is 1.03. The van der Waals surface area contributed by atoms with Crippen LogP contribution in [-0.2, 0) is 0 Å². The molecule has 0 aromatic heterocycles. The Morgan fingerprint density at radius 1 is 0.889 bits per heavy atom. The van der Waals surface area contributed by atoms with E-state index in [0.29, 0.717) is 0 Å². The standard InChI is InChI=1S/C5H14N2.I2/c1-6(2)5-7(3)4;1-2/h5H2,1-4H3;. The van der Waals surface area contributed by atoms with Gasteiger partial charge in [-0.2, -0.15) is 0 Å². The molecule has 0 N–H and O–H groups in total. The van der Waals surface area contributed by atoms with Crippen molar-refractivity contribution >= 4 is 37.2 Å². The molecule has 0 atom stereocenters. The third-order valence-electron chi connectivity index (χ3n) is 0.566. The van der Waals surface area contributed by atoms with Gasteiger partial charge in [0.2, 0.25) is 0 Å². The molecule has 0 spiro atoms. The van der Waals surface area contributed by atoms with Crippen LogP contribution in [0, 0.1) is 0 Å². The van der Waals surface area contributed by atoms with E-state index in [0.717, 1.165) is 6.67 Å². The number of halogens is 2. The first-order valence-electron chi connectivity index (χ1n) is 2.56. The van der Waals surface area contributed by atoms with E-state index >= 15 is 0 Å². The molecular formula is C5H14I2N2. The number of nitrogens with zero attached hydrogens (tertiary/aromatic N) is 2. The number of rotatable bonds is 2. The molecule has 0 radical (unpaired) electrons. The molecule has 0 unspecified atom stereocenters. The molecule has 0 amide bonds. The van der Waals surface area contributed by atoms with E-state index in [2.05, 4.69) is 75.2 Å². The molecule has 0 aliphatic heterocycles. The molecule has 0 rings (SSSR count). The first kappa shape index (κ1) is 13.0. The Morgan fingerprint density at radius 3 is 1.11 bits per heavy atom. The summed E-state index contributed by atoms with van der Waals surface area (Å²) in [6, 6.07) is 0. The van der Waals surface area contributed by atoms with Gasteiger partial charge in [0.05, 0.1) is 0 Å². The Hall–Kier alpha value is 1.38. The summed E-state index contributed by atoms with van der Waals surface area (Å²) in [6.07, 6.45) is 0. The molecule has 0 aromatic rings. The van der Waals surface area contributed by atoms with Crippen molar-refractivity contribution in [1.29, 1.82) is 0 Å². The lowest BCUT2D eigenvalue weighted by Crippen LogP contribution is -2.26. The fourth-order valence-electron chi connectivity index (χ4n) is 0.566. The highest BCUT2D eigenvalue weighted by Gasteiger charge is 1.87. The van der Waals surface area contributed by atoms with Crippen LogP contribution in [0.25, 0.3) is 0 Å². The summed E-state index contributed by atoms with van der Waals surface area (Å²) in [5.41, 5.74) is 0. The van der Waals surface area contributed by atoms with Crippen LogP contribution in [0.15, 0.2) is 0 Å². The fourth-order valence-corrected chi connectivity index (χ4v) is 0.566. The Balaban J connectivity index is 0. The van der Waals surface area contributed by atoms with Gasteiger partial charge in [0.1, 0.15) is 0 Å². The van der Waals surface area contributed by atoms with Crippen LogP contribution >= 0.6 is 37.2 Å².